The fraction of sp³-hybridized carbons (Fsp3) is 0.818. The third-order valence-corrected chi connectivity index (χ3v) is 4.75. The van der Waals surface area contributed by atoms with Crippen molar-refractivity contribution in [1.82, 2.24) is 9.21 Å². The number of hydrogen-bond acceptors (Lipinski definition) is 4. The summed E-state index contributed by atoms with van der Waals surface area (Å²) >= 11 is 0. The molecule has 7 nitrogen and oxygen atoms in total. The summed E-state index contributed by atoms with van der Waals surface area (Å²) in [6, 6.07) is -0.249. The number of sulfonamides is 1. The highest BCUT2D eigenvalue weighted by Crippen LogP contribution is 2.06. The van der Waals surface area contributed by atoms with Crippen molar-refractivity contribution >= 4 is 21.9 Å². The van der Waals surface area contributed by atoms with E-state index in [0.29, 0.717) is 6.42 Å². The zero-order chi connectivity index (χ0) is 15.2. The monoisotopic (exact) mass is 294 g/mol. The second-order valence-corrected chi connectivity index (χ2v) is 6.69. The van der Waals surface area contributed by atoms with Crippen molar-refractivity contribution in [3.63, 3.8) is 0 Å². The second kappa shape index (κ2) is 7.44. The maximum absolute atomic E-state index is 12.0. The fourth-order valence-corrected chi connectivity index (χ4v) is 2.20. The molecule has 112 valence electrons. The zero-order valence-electron chi connectivity index (χ0n) is 11.8. The maximum Gasteiger partial charge on any atom is 0.323 e. The van der Waals surface area contributed by atoms with Crippen LogP contribution in [0.5, 0.6) is 0 Å². The molecule has 0 saturated heterocycles. The molecule has 0 aliphatic rings. The van der Waals surface area contributed by atoms with E-state index in [0.717, 1.165) is 4.31 Å². The molecule has 0 aromatic rings. The molecule has 0 aromatic heterocycles. The minimum atomic E-state index is -3.45. The molecular formula is C11H22N2O5S. The molecule has 0 saturated carbocycles. The highest BCUT2D eigenvalue weighted by molar-refractivity contribution is 7.89. The number of likely N-dealkylation sites (N-methyl/N-ethyl adjacent to an activating group) is 1. The Kier molecular flexibility index (Phi) is 6.99. The van der Waals surface area contributed by atoms with Crippen LogP contribution in [-0.2, 0) is 19.6 Å². The smallest absolute Gasteiger partial charge is 0.323 e. The van der Waals surface area contributed by atoms with E-state index in [9.17, 15) is 18.0 Å². The Hall–Kier alpha value is -1.15. The number of carboxylic acids is 1. The van der Waals surface area contributed by atoms with Gasteiger partial charge in [-0.2, -0.15) is 4.31 Å². The number of aliphatic carboxylic acids is 1. The van der Waals surface area contributed by atoms with Crippen LogP contribution in [0.4, 0.5) is 0 Å². The summed E-state index contributed by atoms with van der Waals surface area (Å²) in [6.45, 7) is 4.29. The van der Waals surface area contributed by atoms with E-state index in [1.807, 2.05) is 6.92 Å². The summed E-state index contributed by atoms with van der Waals surface area (Å²) in [7, 11) is -2.14. The molecule has 0 aromatic carbocycles. The van der Waals surface area contributed by atoms with Crippen LogP contribution in [0, 0.1) is 0 Å². The van der Waals surface area contributed by atoms with Crippen molar-refractivity contribution in [2.24, 2.45) is 0 Å². The molecule has 19 heavy (non-hydrogen) atoms. The number of carbonyl (C=O) groups is 2. The van der Waals surface area contributed by atoms with E-state index in [1.54, 1.807) is 6.92 Å². The number of hydrogen-bond donors (Lipinski definition) is 1. The Morgan fingerprint density at radius 1 is 1.21 bits per heavy atom. The molecule has 1 amide bonds. The van der Waals surface area contributed by atoms with Gasteiger partial charge in [0.2, 0.25) is 15.9 Å². The molecule has 1 atom stereocenters. The predicted molar refractivity (Wildman–Crippen MR) is 71.2 cm³/mol. The van der Waals surface area contributed by atoms with E-state index >= 15 is 0 Å². The standard InChI is InChI=1S/C11H22N2O5S/c1-5-9(3)13(8-11(15)16)10(14)7-12(4)19(17,18)6-2/h9H,5-8H2,1-4H3,(H,15,16). The van der Waals surface area contributed by atoms with Crippen molar-refractivity contribution in [3.05, 3.63) is 0 Å². The van der Waals surface area contributed by atoms with Crippen molar-refractivity contribution in [1.29, 1.82) is 0 Å². The third kappa shape index (κ3) is 5.56. The number of rotatable bonds is 8. The van der Waals surface area contributed by atoms with Crippen LogP contribution in [0.15, 0.2) is 0 Å². The van der Waals surface area contributed by atoms with Crippen molar-refractivity contribution in [2.75, 3.05) is 25.9 Å². The van der Waals surface area contributed by atoms with Crippen molar-refractivity contribution in [3.8, 4) is 0 Å². The van der Waals surface area contributed by atoms with E-state index < -0.39 is 28.4 Å². The Labute approximate surface area is 114 Å². The summed E-state index contributed by atoms with van der Waals surface area (Å²) in [4.78, 5) is 23.9. The summed E-state index contributed by atoms with van der Waals surface area (Å²) in [5.41, 5.74) is 0. The van der Waals surface area contributed by atoms with Crippen molar-refractivity contribution in [2.45, 2.75) is 33.2 Å². The molecule has 0 heterocycles. The predicted octanol–water partition coefficient (Wildman–Crippen LogP) is -0.0204. The van der Waals surface area contributed by atoms with Gasteiger partial charge in [-0.15, -0.1) is 0 Å². The first-order chi connectivity index (χ1) is 8.65. The molecule has 0 spiro atoms. The van der Waals surface area contributed by atoms with Crippen LogP contribution in [-0.4, -0.2) is 66.5 Å². The molecular weight excluding hydrogens is 272 g/mol. The Morgan fingerprint density at radius 3 is 2.11 bits per heavy atom. The van der Waals surface area contributed by atoms with Crippen molar-refractivity contribution < 1.29 is 23.1 Å². The average molecular weight is 294 g/mol. The van der Waals surface area contributed by atoms with Crippen LogP contribution in [0.2, 0.25) is 0 Å². The molecule has 0 aliphatic carbocycles. The van der Waals surface area contributed by atoms with Gasteiger partial charge in [0.1, 0.15) is 6.54 Å². The van der Waals surface area contributed by atoms with E-state index in [-0.39, 0.29) is 18.3 Å². The summed E-state index contributed by atoms with van der Waals surface area (Å²) < 4.78 is 24.1. The number of amides is 1. The van der Waals surface area contributed by atoms with E-state index in [1.165, 1.54) is 18.9 Å². The highest BCUT2D eigenvalue weighted by atomic mass is 32.2. The number of carboxylic acid groups (broad SMARTS) is 1. The van der Waals surface area contributed by atoms with Gasteiger partial charge in [0.15, 0.2) is 0 Å². The average Bonchev–Trinajstić information content (AvgIpc) is 2.34. The Bertz CT molecular complexity index is 421. The number of carbonyl (C=O) groups excluding carboxylic acids is 1. The molecule has 0 rings (SSSR count). The first-order valence-corrected chi connectivity index (χ1v) is 7.71. The SMILES string of the molecule is CCC(C)N(CC(=O)O)C(=O)CN(C)S(=O)(=O)CC. The lowest BCUT2D eigenvalue weighted by atomic mass is 10.2. The van der Waals surface area contributed by atoms with E-state index in [2.05, 4.69) is 0 Å². The van der Waals surface area contributed by atoms with Crippen LogP contribution in [0.25, 0.3) is 0 Å². The topological polar surface area (TPSA) is 95.0 Å². The van der Waals surface area contributed by atoms with Crippen LogP contribution in [0.1, 0.15) is 27.2 Å². The molecule has 0 aliphatic heterocycles. The quantitative estimate of drug-likeness (QED) is 0.679. The molecule has 0 bridgehead atoms. The molecule has 0 radical (unpaired) electrons. The lowest BCUT2D eigenvalue weighted by Crippen LogP contribution is -2.47. The minimum absolute atomic E-state index is 0.0982. The van der Waals surface area contributed by atoms with Gasteiger partial charge in [0.25, 0.3) is 0 Å². The van der Waals surface area contributed by atoms with Gasteiger partial charge < -0.3 is 10.0 Å². The van der Waals surface area contributed by atoms with Crippen LogP contribution >= 0.6 is 0 Å². The first kappa shape index (κ1) is 17.8. The van der Waals surface area contributed by atoms with Gasteiger partial charge in [-0.25, -0.2) is 8.42 Å². The van der Waals surface area contributed by atoms with Crippen LogP contribution in [0.3, 0.4) is 0 Å². The van der Waals surface area contributed by atoms with Gasteiger partial charge in [-0.05, 0) is 20.3 Å². The van der Waals surface area contributed by atoms with Crippen LogP contribution < -0.4 is 0 Å². The molecule has 1 unspecified atom stereocenters. The zero-order valence-corrected chi connectivity index (χ0v) is 12.6. The van der Waals surface area contributed by atoms with Gasteiger partial charge >= 0.3 is 5.97 Å². The lowest BCUT2D eigenvalue weighted by molar-refractivity contribution is -0.146. The minimum Gasteiger partial charge on any atom is -0.480 e. The lowest BCUT2D eigenvalue weighted by Gasteiger charge is -2.28. The highest BCUT2D eigenvalue weighted by Gasteiger charge is 2.25. The normalized spacial score (nSPS) is 13.3. The third-order valence-electron chi connectivity index (χ3n) is 2.95. The number of nitrogens with zero attached hydrogens (tertiary/aromatic N) is 2. The fourth-order valence-electron chi connectivity index (χ4n) is 1.46. The first-order valence-electron chi connectivity index (χ1n) is 6.10. The Balaban J connectivity index is 4.87. The molecule has 1 N–H and O–H groups in total. The molecule has 8 heteroatoms. The summed E-state index contributed by atoms with van der Waals surface area (Å²) in [6.07, 6.45) is 0.600. The van der Waals surface area contributed by atoms with Gasteiger partial charge in [0, 0.05) is 13.1 Å². The largest absolute Gasteiger partial charge is 0.480 e. The maximum atomic E-state index is 12.0. The molecule has 0 fully saturated rings. The van der Waals surface area contributed by atoms with E-state index in [4.69, 9.17) is 5.11 Å². The Morgan fingerprint density at radius 2 is 1.74 bits per heavy atom. The second-order valence-electron chi connectivity index (χ2n) is 4.33. The summed E-state index contributed by atoms with van der Waals surface area (Å²) in [5, 5.41) is 8.79. The van der Waals surface area contributed by atoms with Gasteiger partial charge in [0.05, 0.1) is 12.3 Å². The summed E-state index contributed by atoms with van der Waals surface area (Å²) in [5.74, 6) is -1.72. The van der Waals surface area contributed by atoms with Gasteiger partial charge in [-0.3, -0.25) is 9.59 Å². The van der Waals surface area contributed by atoms with Gasteiger partial charge in [-0.1, -0.05) is 6.92 Å².